The second-order valence-electron chi connectivity index (χ2n) is 2.36. The molecule has 0 bridgehead atoms. The Labute approximate surface area is 89.6 Å². The molecule has 0 aromatic heterocycles. The SMILES string of the molecule is CC(=O)N[C@@H](CSCCBr)C(=O)O. The molecule has 0 radical (unpaired) electrons. The topological polar surface area (TPSA) is 66.4 Å². The van der Waals surface area contributed by atoms with Gasteiger partial charge in [0.25, 0.3) is 0 Å². The Morgan fingerprint density at radius 3 is 2.62 bits per heavy atom. The molecule has 76 valence electrons. The first-order valence-corrected chi connectivity index (χ1v) is 5.99. The van der Waals surface area contributed by atoms with E-state index in [4.69, 9.17) is 5.11 Å². The smallest absolute Gasteiger partial charge is 0.327 e. The van der Waals surface area contributed by atoms with Crippen molar-refractivity contribution in [3.05, 3.63) is 0 Å². The molecule has 0 aliphatic heterocycles. The number of carboxylic acid groups (broad SMARTS) is 1. The van der Waals surface area contributed by atoms with Gasteiger partial charge in [0.1, 0.15) is 6.04 Å². The third kappa shape index (κ3) is 6.89. The molecule has 0 aromatic carbocycles. The van der Waals surface area contributed by atoms with Crippen molar-refractivity contribution in [2.75, 3.05) is 16.8 Å². The molecule has 0 saturated heterocycles. The van der Waals surface area contributed by atoms with Crippen LogP contribution in [0.5, 0.6) is 0 Å². The Morgan fingerprint density at radius 2 is 2.23 bits per heavy atom. The number of halogens is 1. The van der Waals surface area contributed by atoms with E-state index in [-0.39, 0.29) is 5.91 Å². The van der Waals surface area contributed by atoms with Gasteiger partial charge in [-0.05, 0) is 0 Å². The predicted octanol–water partition coefficient (Wildman–Crippen LogP) is 0.704. The summed E-state index contributed by atoms with van der Waals surface area (Å²) in [7, 11) is 0. The summed E-state index contributed by atoms with van der Waals surface area (Å²) in [6.45, 7) is 1.31. The fourth-order valence-electron chi connectivity index (χ4n) is 0.676. The van der Waals surface area contributed by atoms with Crippen LogP contribution in [0.1, 0.15) is 6.92 Å². The number of hydrogen-bond acceptors (Lipinski definition) is 3. The number of carboxylic acids is 1. The highest BCUT2D eigenvalue weighted by atomic mass is 79.9. The van der Waals surface area contributed by atoms with E-state index in [2.05, 4.69) is 21.2 Å². The lowest BCUT2D eigenvalue weighted by Crippen LogP contribution is -2.41. The van der Waals surface area contributed by atoms with E-state index in [1.54, 1.807) is 0 Å². The van der Waals surface area contributed by atoms with Crippen molar-refractivity contribution in [3.63, 3.8) is 0 Å². The summed E-state index contributed by atoms with van der Waals surface area (Å²) in [6.07, 6.45) is 0. The van der Waals surface area contributed by atoms with E-state index in [1.807, 2.05) is 0 Å². The molecule has 0 fully saturated rings. The highest BCUT2D eigenvalue weighted by Crippen LogP contribution is 2.04. The Hall–Kier alpha value is -0.230. The maximum atomic E-state index is 10.6. The molecule has 1 amide bonds. The van der Waals surface area contributed by atoms with Gasteiger partial charge < -0.3 is 10.4 Å². The number of thioether (sulfide) groups is 1. The third-order valence-electron chi connectivity index (χ3n) is 1.18. The van der Waals surface area contributed by atoms with Crippen LogP contribution in [0.4, 0.5) is 0 Å². The van der Waals surface area contributed by atoms with Crippen LogP contribution in [-0.2, 0) is 9.59 Å². The molecule has 0 aliphatic carbocycles. The molecule has 4 nitrogen and oxygen atoms in total. The van der Waals surface area contributed by atoms with Gasteiger partial charge in [-0.15, -0.1) is 0 Å². The highest BCUT2D eigenvalue weighted by Gasteiger charge is 2.17. The Kier molecular flexibility index (Phi) is 7.07. The highest BCUT2D eigenvalue weighted by molar-refractivity contribution is 9.09. The first kappa shape index (κ1) is 12.8. The summed E-state index contributed by atoms with van der Waals surface area (Å²) in [5.41, 5.74) is 0. The zero-order valence-electron chi connectivity index (χ0n) is 7.25. The summed E-state index contributed by atoms with van der Waals surface area (Å²) in [4.78, 5) is 21.2. The summed E-state index contributed by atoms with van der Waals surface area (Å²) < 4.78 is 0. The minimum atomic E-state index is -0.989. The second-order valence-corrected chi connectivity index (χ2v) is 4.30. The Morgan fingerprint density at radius 1 is 1.62 bits per heavy atom. The van der Waals surface area contributed by atoms with Crippen molar-refractivity contribution in [3.8, 4) is 0 Å². The van der Waals surface area contributed by atoms with Crippen molar-refractivity contribution in [1.29, 1.82) is 0 Å². The van der Waals surface area contributed by atoms with Crippen LogP contribution in [-0.4, -0.2) is 39.9 Å². The van der Waals surface area contributed by atoms with Gasteiger partial charge in [-0.1, -0.05) is 15.9 Å². The second kappa shape index (κ2) is 7.20. The van der Waals surface area contributed by atoms with Crippen LogP contribution in [0.15, 0.2) is 0 Å². The van der Waals surface area contributed by atoms with Crippen LogP contribution in [0.3, 0.4) is 0 Å². The molecule has 0 saturated carbocycles. The van der Waals surface area contributed by atoms with E-state index in [0.717, 1.165) is 11.1 Å². The van der Waals surface area contributed by atoms with E-state index in [1.165, 1.54) is 18.7 Å². The number of carbonyl (C=O) groups is 2. The standard InChI is InChI=1S/C7H12BrNO3S/c1-5(10)9-6(7(11)12)4-13-3-2-8/h6H,2-4H2,1H3,(H,9,10)(H,11,12)/t6-/m0/s1. The number of rotatable bonds is 6. The maximum absolute atomic E-state index is 10.6. The largest absolute Gasteiger partial charge is 0.480 e. The maximum Gasteiger partial charge on any atom is 0.327 e. The number of nitrogens with one attached hydrogen (secondary N) is 1. The van der Waals surface area contributed by atoms with E-state index in [0.29, 0.717) is 5.75 Å². The monoisotopic (exact) mass is 269 g/mol. The molecule has 0 aliphatic rings. The zero-order chi connectivity index (χ0) is 10.3. The minimum absolute atomic E-state index is 0.313. The van der Waals surface area contributed by atoms with E-state index < -0.39 is 12.0 Å². The van der Waals surface area contributed by atoms with Crippen LogP contribution in [0.2, 0.25) is 0 Å². The number of alkyl halides is 1. The van der Waals surface area contributed by atoms with Gasteiger partial charge >= 0.3 is 5.97 Å². The fourth-order valence-corrected chi connectivity index (χ4v) is 2.10. The predicted molar refractivity (Wildman–Crippen MR) is 56.4 cm³/mol. The third-order valence-corrected chi connectivity index (χ3v) is 3.16. The molecule has 1 atom stereocenters. The molecular weight excluding hydrogens is 258 g/mol. The first-order chi connectivity index (χ1) is 6.07. The van der Waals surface area contributed by atoms with Gasteiger partial charge in [-0.3, -0.25) is 4.79 Å². The molecule has 2 N–H and O–H groups in total. The number of amides is 1. The summed E-state index contributed by atoms with van der Waals surface area (Å²) in [5, 5.41) is 11.9. The average Bonchev–Trinajstić information content (AvgIpc) is 2.02. The van der Waals surface area contributed by atoms with Gasteiger partial charge in [0.2, 0.25) is 5.91 Å². The molecule has 0 aromatic rings. The van der Waals surface area contributed by atoms with E-state index in [9.17, 15) is 9.59 Å². The Bertz CT molecular complexity index is 189. The quantitative estimate of drug-likeness (QED) is 0.551. The van der Waals surface area contributed by atoms with Crippen molar-refractivity contribution in [1.82, 2.24) is 5.32 Å². The molecule has 0 heterocycles. The Balaban J connectivity index is 3.81. The van der Waals surface area contributed by atoms with Gasteiger partial charge in [-0.25, -0.2) is 4.79 Å². The molecule has 0 rings (SSSR count). The first-order valence-electron chi connectivity index (χ1n) is 3.71. The van der Waals surface area contributed by atoms with Crippen molar-refractivity contribution < 1.29 is 14.7 Å². The molecular formula is C7H12BrNO3S. The van der Waals surface area contributed by atoms with Crippen molar-refractivity contribution >= 4 is 39.6 Å². The molecule has 0 unspecified atom stereocenters. The number of carbonyl (C=O) groups excluding carboxylic acids is 1. The van der Waals surface area contributed by atoms with Crippen LogP contribution in [0.25, 0.3) is 0 Å². The molecule has 13 heavy (non-hydrogen) atoms. The summed E-state index contributed by atoms with van der Waals surface area (Å²) >= 11 is 4.72. The normalized spacial score (nSPS) is 12.2. The molecule has 6 heteroatoms. The van der Waals surface area contributed by atoms with Crippen LogP contribution >= 0.6 is 27.7 Å². The lowest BCUT2D eigenvalue weighted by Gasteiger charge is -2.11. The number of aliphatic carboxylic acids is 1. The van der Waals surface area contributed by atoms with Crippen molar-refractivity contribution in [2.24, 2.45) is 0 Å². The zero-order valence-corrected chi connectivity index (χ0v) is 9.65. The molecule has 0 spiro atoms. The van der Waals surface area contributed by atoms with Gasteiger partial charge in [0.05, 0.1) is 0 Å². The van der Waals surface area contributed by atoms with Crippen LogP contribution < -0.4 is 5.32 Å². The minimum Gasteiger partial charge on any atom is -0.480 e. The van der Waals surface area contributed by atoms with Crippen molar-refractivity contribution in [2.45, 2.75) is 13.0 Å². The lowest BCUT2D eigenvalue weighted by atomic mass is 10.3. The van der Waals surface area contributed by atoms with Crippen LogP contribution in [0, 0.1) is 0 Å². The fraction of sp³-hybridized carbons (Fsp3) is 0.714. The average molecular weight is 270 g/mol. The van der Waals surface area contributed by atoms with Gasteiger partial charge in [-0.2, -0.15) is 11.8 Å². The van der Waals surface area contributed by atoms with E-state index >= 15 is 0 Å². The number of hydrogen-bond donors (Lipinski definition) is 2. The van der Waals surface area contributed by atoms with Gasteiger partial charge in [0.15, 0.2) is 0 Å². The van der Waals surface area contributed by atoms with Gasteiger partial charge in [0, 0.05) is 23.8 Å². The summed E-state index contributed by atoms with van der Waals surface area (Å²) in [5.74, 6) is -0.0618. The lowest BCUT2D eigenvalue weighted by molar-refractivity contribution is -0.140. The summed E-state index contributed by atoms with van der Waals surface area (Å²) in [6, 6.07) is -0.776.